The van der Waals surface area contributed by atoms with Crippen molar-refractivity contribution < 1.29 is 32.5 Å². The summed E-state index contributed by atoms with van der Waals surface area (Å²) in [4.78, 5) is 0. The first-order chi connectivity index (χ1) is 3.06. The summed E-state index contributed by atoms with van der Waals surface area (Å²) in [5.41, 5.74) is 0. The zero-order chi connectivity index (χ0) is 5.91. The molecule has 0 aromatic rings. The molecule has 0 bridgehead atoms. The molecule has 0 fully saturated rings. The molecule has 0 unspecified atom stereocenters. The summed E-state index contributed by atoms with van der Waals surface area (Å²) in [6.45, 7) is 1.71. The molecule has 0 amide bonds. The molecule has 0 aliphatic rings. The van der Waals surface area contributed by atoms with Crippen LogP contribution in [0.5, 0.6) is 0 Å². The van der Waals surface area contributed by atoms with Gasteiger partial charge in [0, 0.05) is 0 Å². The van der Waals surface area contributed by atoms with Crippen molar-refractivity contribution >= 4 is 51.4 Å². The van der Waals surface area contributed by atoms with E-state index in [-0.39, 0.29) is 58.0 Å². The van der Waals surface area contributed by atoms with Gasteiger partial charge in [-0.3, -0.25) is 0 Å². The average molecular weight is 184 g/mol. The first kappa shape index (κ1) is 12.8. The monoisotopic (exact) mass is 184 g/mol. The maximum absolute atomic E-state index is 8.09. The zero-order valence-electron chi connectivity index (χ0n) is 3.96. The molecule has 6 heteroatoms. The third kappa shape index (κ3) is 11.1. The summed E-state index contributed by atoms with van der Waals surface area (Å²) in [7, 11) is 0. The molecule has 0 atom stereocenters. The van der Waals surface area contributed by atoms with E-state index in [1.165, 1.54) is 0 Å². The first-order valence-electron chi connectivity index (χ1n) is 1.87. The first-order valence-corrected chi connectivity index (χ1v) is 4.60. The van der Waals surface area contributed by atoms with Crippen molar-refractivity contribution in [2.45, 2.75) is 6.92 Å². The fourth-order valence-electron chi connectivity index (χ4n) is 0.194. The Balaban J connectivity index is 0. The van der Waals surface area contributed by atoms with Gasteiger partial charge in [-0.1, -0.05) is 0 Å². The molecule has 0 rings (SSSR count). The van der Waals surface area contributed by atoms with Crippen molar-refractivity contribution in [2.75, 3.05) is 6.61 Å². The summed E-state index contributed by atoms with van der Waals surface area (Å²) < 4.78 is 28.4. The van der Waals surface area contributed by atoms with Crippen LogP contribution in [0.25, 0.3) is 0 Å². The Morgan fingerprint density at radius 3 is 1.75 bits per heavy atom. The molecule has 0 spiro atoms. The molecule has 4 nitrogen and oxygen atoms in total. The minimum absolute atomic E-state index is 0. The van der Waals surface area contributed by atoms with Crippen LogP contribution in [0.1, 0.15) is 6.92 Å². The normalized spacial score (nSPS) is 10.5. The predicted molar refractivity (Wildman–Crippen MR) is 25.4 cm³/mol. The summed E-state index contributed by atoms with van der Waals surface area (Å²) in [5, 5.41) is 0. The van der Waals surface area contributed by atoms with Crippen LogP contribution in [0, 0.1) is 0 Å². The summed E-state index contributed by atoms with van der Waals surface area (Å²) in [6.07, 6.45) is 0. The molecule has 0 radical (unpaired) electrons. The van der Waals surface area contributed by atoms with Gasteiger partial charge in [-0.2, -0.15) is 0 Å². The van der Waals surface area contributed by atoms with Crippen LogP contribution in [0.2, 0.25) is 0 Å². The second-order valence-electron chi connectivity index (χ2n) is 1.01. The number of rotatable bonds is 2. The van der Waals surface area contributed by atoms with Gasteiger partial charge in [0.2, 0.25) is 0 Å². The zero-order valence-corrected chi connectivity index (χ0v) is 5.52. The van der Waals surface area contributed by atoms with Gasteiger partial charge >= 0.3 is 97.4 Å². The van der Waals surface area contributed by atoms with E-state index in [1.807, 2.05) is 0 Å². The molecule has 46 valence electrons. The van der Waals surface area contributed by atoms with E-state index in [2.05, 4.69) is 3.32 Å². The van der Waals surface area contributed by atoms with Gasteiger partial charge in [-0.25, -0.2) is 0 Å². The molecule has 0 heterocycles. The molecule has 0 saturated heterocycles. The van der Waals surface area contributed by atoms with Crippen molar-refractivity contribution in [3.63, 3.8) is 0 Å². The van der Waals surface area contributed by atoms with E-state index in [9.17, 15) is 0 Å². The maximum atomic E-state index is 8.09. The van der Waals surface area contributed by atoms with Crippen molar-refractivity contribution in [3.05, 3.63) is 0 Å². The molecule has 0 aromatic carbocycles. The molecule has 0 aliphatic carbocycles. The van der Waals surface area contributed by atoms with E-state index in [0.29, 0.717) is 0 Å². The van der Waals surface area contributed by atoms with Crippen molar-refractivity contribution in [3.8, 4) is 0 Å². The van der Waals surface area contributed by atoms with Crippen molar-refractivity contribution in [2.24, 2.45) is 0 Å². The fraction of sp³-hybridized carbons (Fsp3) is 1.00. The Morgan fingerprint density at radius 1 is 1.38 bits per heavy atom. The number of hydrogen-bond acceptors (Lipinski definition) is 4. The van der Waals surface area contributed by atoms with E-state index in [4.69, 9.17) is 11.1 Å². The van der Waals surface area contributed by atoms with Crippen LogP contribution in [-0.4, -0.2) is 69.1 Å². The van der Waals surface area contributed by atoms with E-state index in [1.54, 1.807) is 6.92 Å². The quantitative estimate of drug-likeness (QED) is 0.441. The van der Waals surface area contributed by atoms with Crippen molar-refractivity contribution in [1.82, 2.24) is 0 Å². The molecule has 0 aliphatic heterocycles. The van der Waals surface area contributed by atoms with Gasteiger partial charge in [-0.05, 0) is 0 Å². The van der Waals surface area contributed by atoms with Crippen LogP contribution < -0.4 is 0 Å². The van der Waals surface area contributed by atoms with E-state index >= 15 is 0 Å². The molecule has 8 heavy (non-hydrogen) atoms. The van der Waals surface area contributed by atoms with Crippen LogP contribution in [-0.2, 0) is 21.5 Å². The second-order valence-corrected chi connectivity index (χ2v) is 3.25. The van der Waals surface area contributed by atoms with E-state index in [0.717, 1.165) is 0 Å². The van der Waals surface area contributed by atoms with Gasteiger partial charge in [0.15, 0.2) is 0 Å². The second kappa shape index (κ2) is 5.94. The van der Waals surface area contributed by atoms with Crippen LogP contribution in [0.15, 0.2) is 0 Å². The predicted octanol–water partition coefficient (Wildman–Crippen LogP) is -1.83. The molecule has 0 aromatic heterocycles. The summed E-state index contributed by atoms with van der Waals surface area (Å²) in [5.74, 6) is 0. The SMILES string of the molecule is CC[O][Ti]([OH])([OH])[OH].[KH]. The Hall–Kier alpha value is 2.19. The van der Waals surface area contributed by atoms with Gasteiger partial charge in [0.1, 0.15) is 0 Å². The Labute approximate surface area is 95.5 Å². The summed E-state index contributed by atoms with van der Waals surface area (Å²) >= 11 is -4.58. The minimum atomic E-state index is -4.58. The molecule has 0 saturated carbocycles. The Bertz CT molecular complexity index is 52.5. The third-order valence-electron chi connectivity index (χ3n) is 0.338. The topological polar surface area (TPSA) is 69.9 Å². The van der Waals surface area contributed by atoms with Gasteiger partial charge < -0.3 is 0 Å². The van der Waals surface area contributed by atoms with Gasteiger partial charge in [0.05, 0.1) is 0 Å². The van der Waals surface area contributed by atoms with Gasteiger partial charge in [-0.15, -0.1) is 0 Å². The average Bonchev–Trinajstić information content (AvgIpc) is 1.30. The molecule has 3 N–H and O–H groups in total. The summed E-state index contributed by atoms with van der Waals surface area (Å²) in [6, 6.07) is 0. The van der Waals surface area contributed by atoms with E-state index < -0.39 is 18.1 Å². The van der Waals surface area contributed by atoms with Crippen LogP contribution in [0.4, 0.5) is 0 Å². The molecular formula is C2H9KO4Ti. The Morgan fingerprint density at radius 2 is 1.75 bits per heavy atom. The van der Waals surface area contributed by atoms with Gasteiger partial charge in [0.25, 0.3) is 0 Å². The van der Waals surface area contributed by atoms with Crippen LogP contribution in [0.3, 0.4) is 0 Å². The Kier molecular flexibility index (Phi) is 9.52. The molecular weight excluding hydrogens is 175 g/mol. The number of hydrogen-bond donors (Lipinski definition) is 3. The van der Waals surface area contributed by atoms with Crippen LogP contribution >= 0.6 is 0 Å². The standard InChI is InChI=1S/C2H5O.K.3H2O.Ti.H/c1-2-3;;;;;;/h2H2,1H3;;3*1H2;;/q-1;;;;;+4;/p-3. The van der Waals surface area contributed by atoms with Crippen molar-refractivity contribution in [1.29, 1.82) is 0 Å². The fourth-order valence-corrected chi connectivity index (χ4v) is 0.798. The third-order valence-corrected chi connectivity index (χ3v) is 1.39.